The molecule has 7 heteroatoms. The second-order valence-electron chi connectivity index (χ2n) is 5.62. The summed E-state index contributed by atoms with van der Waals surface area (Å²) < 4.78 is 11.3. The van der Waals surface area contributed by atoms with Crippen molar-refractivity contribution in [2.24, 2.45) is 0 Å². The van der Waals surface area contributed by atoms with E-state index in [0.29, 0.717) is 41.8 Å². The molecule has 136 valence electrons. The summed E-state index contributed by atoms with van der Waals surface area (Å²) in [4.78, 5) is 14.7. The van der Waals surface area contributed by atoms with Crippen LogP contribution in [0.3, 0.4) is 0 Å². The van der Waals surface area contributed by atoms with Crippen molar-refractivity contribution in [1.82, 2.24) is 10.2 Å². The number of nitrogens with zero attached hydrogens (tertiary/aromatic N) is 1. The highest BCUT2D eigenvalue weighted by Gasteiger charge is 2.26. The first-order valence-corrected chi connectivity index (χ1v) is 8.57. The Morgan fingerprint density at radius 1 is 1.38 bits per heavy atom. The summed E-state index contributed by atoms with van der Waals surface area (Å²) in [6.45, 7) is 9.30. The predicted molar refractivity (Wildman–Crippen MR) is 99.0 cm³/mol. The number of hydrogen-bond donors (Lipinski definition) is 1. The summed E-state index contributed by atoms with van der Waals surface area (Å²) >= 11 is 6.34. The number of piperazine rings is 1. The average Bonchev–Trinajstić information content (AvgIpc) is 2.54. The van der Waals surface area contributed by atoms with Crippen molar-refractivity contribution in [1.29, 1.82) is 0 Å². The van der Waals surface area contributed by atoms with Gasteiger partial charge in [0.25, 0.3) is 5.91 Å². The van der Waals surface area contributed by atoms with Gasteiger partial charge in [0.2, 0.25) is 0 Å². The van der Waals surface area contributed by atoms with Gasteiger partial charge in [-0.25, -0.2) is 0 Å². The van der Waals surface area contributed by atoms with Crippen LogP contribution in [-0.4, -0.2) is 49.7 Å². The molecule has 0 aliphatic carbocycles. The van der Waals surface area contributed by atoms with Crippen molar-refractivity contribution in [3.05, 3.63) is 22.7 Å². The SMILES string of the molecule is CCCOc1c(Cl)cc(C(=O)N2CCNC[C@H]2C)cc1OCC.Cl. The number of hydrogen-bond acceptors (Lipinski definition) is 4. The molecule has 1 fully saturated rings. The highest BCUT2D eigenvalue weighted by Crippen LogP contribution is 2.37. The quantitative estimate of drug-likeness (QED) is 0.826. The molecular formula is C17H26Cl2N2O3. The summed E-state index contributed by atoms with van der Waals surface area (Å²) in [7, 11) is 0. The van der Waals surface area contributed by atoms with Crippen LogP contribution in [0.4, 0.5) is 0 Å². The van der Waals surface area contributed by atoms with Crippen LogP contribution < -0.4 is 14.8 Å². The number of halogens is 2. The number of carbonyl (C=O) groups excluding carboxylic acids is 1. The summed E-state index contributed by atoms with van der Waals surface area (Å²) in [5.41, 5.74) is 0.538. The van der Waals surface area contributed by atoms with Crippen LogP contribution in [0.15, 0.2) is 12.1 Å². The Hall–Kier alpha value is -1.17. The lowest BCUT2D eigenvalue weighted by molar-refractivity contribution is 0.0655. The molecule has 0 spiro atoms. The number of carbonyl (C=O) groups is 1. The number of ether oxygens (including phenoxy) is 2. The average molecular weight is 377 g/mol. The number of rotatable bonds is 6. The molecule has 1 heterocycles. The van der Waals surface area contributed by atoms with E-state index in [9.17, 15) is 4.79 Å². The fourth-order valence-electron chi connectivity index (χ4n) is 2.61. The van der Waals surface area contributed by atoms with Crippen LogP contribution in [0, 0.1) is 0 Å². The lowest BCUT2D eigenvalue weighted by atomic mass is 10.1. The summed E-state index contributed by atoms with van der Waals surface area (Å²) in [5, 5.41) is 3.69. The minimum atomic E-state index is -0.0242. The van der Waals surface area contributed by atoms with E-state index in [2.05, 4.69) is 5.32 Å². The van der Waals surface area contributed by atoms with Gasteiger partial charge in [-0.05, 0) is 32.4 Å². The molecule has 1 aliphatic heterocycles. The van der Waals surface area contributed by atoms with Gasteiger partial charge in [-0.1, -0.05) is 18.5 Å². The summed E-state index contributed by atoms with van der Waals surface area (Å²) in [5.74, 6) is 1.02. The Kier molecular flexibility index (Phi) is 8.67. The molecule has 1 amide bonds. The first-order valence-electron chi connectivity index (χ1n) is 8.19. The third-order valence-corrected chi connectivity index (χ3v) is 4.05. The molecule has 1 atom stereocenters. The van der Waals surface area contributed by atoms with Crippen LogP contribution in [-0.2, 0) is 0 Å². The lowest BCUT2D eigenvalue weighted by Gasteiger charge is -2.34. The monoisotopic (exact) mass is 376 g/mol. The standard InChI is InChI=1S/C17H25ClN2O3.ClH/c1-4-8-23-16-14(18)9-13(10-15(16)22-5-2)17(21)20-7-6-19-11-12(20)3;/h9-10,12,19H,4-8,11H2,1-3H3;1H/t12-;/m1./s1. The molecule has 1 aromatic carbocycles. The van der Waals surface area contributed by atoms with E-state index in [-0.39, 0.29) is 24.4 Å². The molecule has 1 aromatic rings. The van der Waals surface area contributed by atoms with E-state index in [0.717, 1.165) is 19.5 Å². The third-order valence-electron chi connectivity index (χ3n) is 3.77. The lowest BCUT2D eigenvalue weighted by Crippen LogP contribution is -2.52. The Morgan fingerprint density at radius 3 is 2.75 bits per heavy atom. The smallest absolute Gasteiger partial charge is 0.254 e. The van der Waals surface area contributed by atoms with Gasteiger partial charge >= 0.3 is 0 Å². The number of nitrogens with one attached hydrogen (secondary N) is 1. The Balaban J connectivity index is 0.00000288. The predicted octanol–water partition coefficient (Wildman–Crippen LogP) is 3.38. The van der Waals surface area contributed by atoms with E-state index in [1.807, 2.05) is 25.7 Å². The molecule has 1 saturated heterocycles. The summed E-state index contributed by atoms with van der Waals surface area (Å²) in [6, 6.07) is 3.56. The fraction of sp³-hybridized carbons (Fsp3) is 0.588. The van der Waals surface area contributed by atoms with Gasteiger partial charge in [-0.15, -0.1) is 12.4 Å². The normalized spacial score (nSPS) is 17.2. The second kappa shape index (κ2) is 9.97. The van der Waals surface area contributed by atoms with Crippen molar-refractivity contribution >= 4 is 29.9 Å². The maximum absolute atomic E-state index is 12.8. The van der Waals surface area contributed by atoms with Gasteiger partial charge in [-0.3, -0.25) is 4.79 Å². The van der Waals surface area contributed by atoms with Crippen LogP contribution in [0.25, 0.3) is 0 Å². The van der Waals surface area contributed by atoms with E-state index < -0.39 is 0 Å². The molecule has 0 radical (unpaired) electrons. The van der Waals surface area contributed by atoms with Crippen LogP contribution in [0.5, 0.6) is 11.5 Å². The Bertz CT molecular complexity index is 555. The molecular weight excluding hydrogens is 351 g/mol. The van der Waals surface area contributed by atoms with Crippen molar-refractivity contribution in [3.63, 3.8) is 0 Å². The maximum atomic E-state index is 12.8. The summed E-state index contributed by atoms with van der Waals surface area (Å²) in [6.07, 6.45) is 0.876. The molecule has 0 unspecified atom stereocenters. The zero-order valence-corrected chi connectivity index (χ0v) is 16.0. The van der Waals surface area contributed by atoms with E-state index >= 15 is 0 Å². The topological polar surface area (TPSA) is 50.8 Å². The van der Waals surface area contributed by atoms with Crippen LogP contribution >= 0.6 is 24.0 Å². The zero-order valence-electron chi connectivity index (χ0n) is 14.4. The van der Waals surface area contributed by atoms with E-state index in [1.165, 1.54) is 0 Å². The maximum Gasteiger partial charge on any atom is 0.254 e. The van der Waals surface area contributed by atoms with E-state index in [1.54, 1.807) is 12.1 Å². The van der Waals surface area contributed by atoms with Crippen molar-refractivity contribution in [2.45, 2.75) is 33.2 Å². The highest BCUT2D eigenvalue weighted by atomic mass is 35.5. The van der Waals surface area contributed by atoms with Gasteiger partial charge in [0.05, 0.1) is 18.2 Å². The minimum Gasteiger partial charge on any atom is -0.490 e. The highest BCUT2D eigenvalue weighted by molar-refractivity contribution is 6.32. The van der Waals surface area contributed by atoms with Crippen molar-refractivity contribution < 1.29 is 14.3 Å². The molecule has 0 bridgehead atoms. The first-order chi connectivity index (χ1) is 11.1. The minimum absolute atomic E-state index is 0. The molecule has 1 N–H and O–H groups in total. The number of benzene rings is 1. The van der Waals surface area contributed by atoms with Crippen LogP contribution in [0.2, 0.25) is 5.02 Å². The second-order valence-corrected chi connectivity index (χ2v) is 6.03. The largest absolute Gasteiger partial charge is 0.490 e. The van der Waals surface area contributed by atoms with Gasteiger partial charge in [0.1, 0.15) is 0 Å². The first kappa shape index (κ1) is 20.9. The van der Waals surface area contributed by atoms with Gasteiger partial charge in [0.15, 0.2) is 11.5 Å². The van der Waals surface area contributed by atoms with Crippen LogP contribution in [0.1, 0.15) is 37.6 Å². The Morgan fingerprint density at radius 2 is 2.12 bits per heavy atom. The van der Waals surface area contributed by atoms with Gasteiger partial charge in [-0.2, -0.15) is 0 Å². The molecule has 1 aliphatic rings. The molecule has 0 saturated carbocycles. The number of amides is 1. The zero-order chi connectivity index (χ0) is 16.8. The van der Waals surface area contributed by atoms with Crippen molar-refractivity contribution in [3.8, 4) is 11.5 Å². The molecule has 24 heavy (non-hydrogen) atoms. The van der Waals surface area contributed by atoms with Gasteiger partial charge < -0.3 is 19.7 Å². The molecule has 5 nitrogen and oxygen atoms in total. The van der Waals surface area contributed by atoms with Crippen molar-refractivity contribution in [2.75, 3.05) is 32.8 Å². The molecule has 0 aromatic heterocycles. The van der Waals surface area contributed by atoms with Gasteiger partial charge in [0, 0.05) is 31.2 Å². The Labute approximate surface area is 155 Å². The third kappa shape index (κ3) is 4.91. The van der Waals surface area contributed by atoms with E-state index in [4.69, 9.17) is 21.1 Å². The fourth-order valence-corrected chi connectivity index (χ4v) is 2.87. The molecule has 2 rings (SSSR count).